The number of nitrogens with one attached hydrogen (secondary N) is 1. The van der Waals surface area contributed by atoms with Crippen molar-refractivity contribution in [3.8, 4) is 5.75 Å². The van der Waals surface area contributed by atoms with Crippen LogP contribution in [0.5, 0.6) is 5.75 Å². The molecule has 5 heteroatoms. The molecule has 0 aliphatic heterocycles. The van der Waals surface area contributed by atoms with E-state index in [0.29, 0.717) is 12.3 Å². The maximum absolute atomic E-state index is 11.5. The molecule has 0 aliphatic rings. The Kier molecular flexibility index (Phi) is 6.18. The molecule has 0 radical (unpaired) electrons. The Labute approximate surface area is 126 Å². The summed E-state index contributed by atoms with van der Waals surface area (Å²) in [6, 6.07) is 6.97. The molecule has 1 aromatic carbocycles. The maximum atomic E-state index is 11.5. The number of carbonyl (C=O) groups is 1. The Balaban J connectivity index is 2.69. The molecule has 0 heterocycles. The second kappa shape index (κ2) is 7.43. The van der Waals surface area contributed by atoms with Crippen LogP contribution in [0.15, 0.2) is 24.3 Å². The van der Waals surface area contributed by atoms with E-state index in [1.54, 1.807) is 32.3 Å². The van der Waals surface area contributed by atoms with Gasteiger partial charge in [0.25, 0.3) is 0 Å². The molecule has 1 atom stereocenters. The van der Waals surface area contributed by atoms with Crippen LogP contribution in [-0.4, -0.2) is 42.3 Å². The van der Waals surface area contributed by atoms with Gasteiger partial charge in [0.05, 0.1) is 6.10 Å². The van der Waals surface area contributed by atoms with Crippen molar-refractivity contribution in [1.29, 1.82) is 0 Å². The lowest BCUT2D eigenvalue weighted by atomic mass is 10.0. The number of benzene rings is 1. The monoisotopic (exact) mass is 294 g/mol. The first kappa shape index (κ1) is 17.5. The minimum atomic E-state index is -0.645. The first-order chi connectivity index (χ1) is 9.75. The van der Waals surface area contributed by atoms with Crippen molar-refractivity contribution in [2.75, 3.05) is 20.6 Å². The number of rotatable bonds is 6. The van der Waals surface area contributed by atoms with Crippen LogP contribution in [0.2, 0.25) is 0 Å². The van der Waals surface area contributed by atoms with E-state index in [-0.39, 0.29) is 5.54 Å². The number of aliphatic hydroxyl groups is 1. The van der Waals surface area contributed by atoms with Gasteiger partial charge in [-0.05, 0) is 38.0 Å². The third kappa shape index (κ3) is 5.73. The number of carbonyl (C=O) groups excluding carboxylic acids is 1. The smallest absolute Gasteiger partial charge is 0.410 e. The van der Waals surface area contributed by atoms with Crippen molar-refractivity contribution in [3.63, 3.8) is 0 Å². The molecule has 5 nitrogen and oxygen atoms in total. The molecule has 0 aromatic heterocycles. The second-order valence-electron chi connectivity index (χ2n) is 5.97. The maximum Gasteiger partial charge on any atom is 0.414 e. The molecule has 0 fully saturated rings. The van der Waals surface area contributed by atoms with Gasteiger partial charge in [0.15, 0.2) is 0 Å². The van der Waals surface area contributed by atoms with Gasteiger partial charge in [0, 0.05) is 26.2 Å². The average Bonchev–Trinajstić information content (AvgIpc) is 2.45. The molecule has 2 N–H and O–H groups in total. The van der Waals surface area contributed by atoms with Gasteiger partial charge in [-0.15, -0.1) is 0 Å². The lowest BCUT2D eigenvalue weighted by molar-refractivity contribution is 0.158. The van der Waals surface area contributed by atoms with E-state index in [1.807, 2.05) is 6.07 Å². The molecule has 0 spiro atoms. The highest BCUT2D eigenvalue weighted by atomic mass is 16.6. The topological polar surface area (TPSA) is 61.8 Å². The van der Waals surface area contributed by atoms with E-state index in [4.69, 9.17) is 4.74 Å². The molecule has 21 heavy (non-hydrogen) atoms. The summed E-state index contributed by atoms with van der Waals surface area (Å²) in [5, 5.41) is 13.6. The van der Waals surface area contributed by atoms with Crippen LogP contribution in [0.1, 0.15) is 38.9 Å². The SMILES string of the molecule is CCC(C)(C)NCC(O)c1cccc(OC(=O)N(C)C)c1. The molecular weight excluding hydrogens is 268 g/mol. The summed E-state index contributed by atoms with van der Waals surface area (Å²) < 4.78 is 5.19. The highest BCUT2D eigenvalue weighted by Crippen LogP contribution is 2.20. The van der Waals surface area contributed by atoms with Crippen LogP contribution in [0, 0.1) is 0 Å². The van der Waals surface area contributed by atoms with Crippen molar-refractivity contribution in [2.24, 2.45) is 0 Å². The third-order valence-corrected chi connectivity index (χ3v) is 3.47. The number of amides is 1. The quantitative estimate of drug-likeness (QED) is 0.846. The van der Waals surface area contributed by atoms with Gasteiger partial charge in [0.1, 0.15) is 5.75 Å². The van der Waals surface area contributed by atoms with Crippen LogP contribution in [-0.2, 0) is 0 Å². The Morgan fingerprint density at radius 3 is 2.67 bits per heavy atom. The Morgan fingerprint density at radius 2 is 2.10 bits per heavy atom. The van der Waals surface area contributed by atoms with Crippen molar-refractivity contribution >= 4 is 6.09 Å². The van der Waals surface area contributed by atoms with Crippen LogP contribution in [0.25, 0.3) is 0 Å². The Bertz CT molecular complexity index is 472. The molecule has 0 bridgehead atoms. The van der Waals surface area contributed by atoms with Crippen LogP contribution >= 0.6 is 0 Å². The lowest BCUT2D eigenvalue weighted by Crippen LogP contribution is -2.40. The van der Waals surface area contributed by atoms with Gasteiger partial charge >= 0.3 is 6.09 Å². The van der Waals surface area contributed by atoms with Gasteiger partial charge < -0.3 is 20.1 Å². The predicted molar refractivity (Wildman–Crippen MR) is 83.5 cm³/mol. The normalized spacial score (nSPS) is 12.9. The molecule has 1 unspecified atom stereocenters. The number of β-amino-alcohol motifs (C(OH)–C–C–N with tert-alkyl or cyclic N) is 1. The zero-order chi connectivity index (χ0) is 16.0. The second-order valence-corrected chi connectivity index (χ2v) is 5.97. The Morgan fingerprint density at radius 1 is 1.43 bits per heavy atom. The number of aliphatic hydroxyl groups excluding tert-OH is 1. The molecular formula is C16H26N2O3. The fourth-order valence-electron chi connectivity index (χ4n) is 1.59. The molecule has 0 saturated carbocycles. The standard InChI is InChI=1S/C16H26N2O3/c1-6-16(2,3)17-11-14(19)12-8-7-9-13(10-12)21-15(20)18(4)5/h7-10,14,17,19H,6,11H2,1-5H3. The van der Waals surface area contributed by atoms with Gasteiger partial charge in [-0.25, -0.2) is 4.79 Å². The number of hydrogen-bond donors (Lipinski definition) is 2. The summed E-state index contributed by atoms with van der Waals surface area (Å²) in [7, 11) is 3.25. The number of hydrogen-bond acceptors (Lipinski definition) is 4. The summed E-state index contributed by atoms with van der Waals surface area (Å²) in [5.41, 5.74) is 0.703. The van der Waals surface area contributed by atoms with E-state index in [2.05, 4.69) is 26.1 Å². The Hall–Kier alpha value is -1.59. The van der Waals surface area contributed by atoms with E-state index < -0.39 is 12.2 Å². The minimum absolute atomic E-state index is 0.0179. The average molecular weight is 294 g/mol. The highest BCUT2D eigenvalue weighted by molar-refractivity contribution is 5.70. The van der Waals surface area contributed by atoms with Crippen LogP contribution in [0.4, 0.5) is 4.79 Å². The minimum Gasteiger partial charge on any atom is -0.410 e. The summed E-state index contributed by atoms with van der Waals surface area (Å²) in [4.78, 5) is 12.9. The molecule has 1 rings (SSSR count). The molecule has 118 valence electrons. The summed E-state index contributed by atoms with van der Waals surface area (Å²) in [6.45, 7) is 6.73. The lowest BCUT2D eigenvalue weighted by Gasteiger charge is -2.26. The van der Waals surface area contributed by atoms with Gasteiger partial charge in [0.2, 0.25) is 0 Å². The molecule has 1 amide bonds. The molecule has 1 aromatic rings. The largest absolute Gasteiger partial charge is 0.414 e. The number of ether oxygens (including phenoxy) is 1. The van der Waals surface area contributed by atoms with E-state index >= 15 is 0 Å². The van der Waals surface area contributed by atoms with Gasteiger partial charge in [-0.2, -0.15) is 0 Å². The van der Waals surface area contributed by atoms with E-state index in [0.717, 1.165) is 12.0 Å². The van der Waals surface area contributed by atoms with Gasteiger partial charge in [-0.3, -0.25) is 0 Å². The third-order valence-electron chi connectivity index (χ3n) is 3.47. The zero-order valence-electron chi connectivity index (χ0n) is 13.5. The number of nitrogens with zero attached hydrogens (tertiary/aromatic N) is 1. The molecule has 0 aliphatic carbocycles. The van der Waals surface area contributed by atoms with Crippen LogP contribution in [0.3, 0.4) is 0 Å². The van der Waals surface area contributed by atoms with Gasteiger partial charge in [-0.1, -0.05) is 19.1 Å². The van der Waals surface area contributed by atoms with E-state index in [9.17, 15) is 9.90 Å². The highest BCUT2D eigenvalue weighted by Gasteiger charge is 2.17. The fraction of sp³-hybridized carbons (Fsp3) is 0.562. The molecule has 0 saturated heterocycles. The zero-order valence-corrected chi connectivity index (χ0v) is 13.5. The summed E-state index contributed by atoms with van der Waals surface area (Å²) in [6.07, 6.45) is -0.110. The summed E-state index contributed by atoms with van der Waals surface area (Å²) in [5.74, 6) is 0.431. The first-order valence-electron chi connectivity index (χ1n) is 7.17. The van der Waals surface area contributed by atoms with Crippen molar-refractivity contribution in [1.82, 2.24) is 10.2 Å². The van der Waals surface area contributed by atoms with Crippen molar-refractivity contribution in [2.45, 2.75) is 38.8 Å². The van der Waals surface area contributed by atoms with Crippen LogP contribution < -0.4 is 10.1 Å². The summed E-state index contributed by atoms with van der Waals surface area (Å²) >= 11 is 0. The predicted octanol–water partition coefficient (Wildman–Crippen LogP) is 2.56. The van der Waals surface area contributed by atoms with E-state index in [1.165, 1.54) is 4.90 Å². The fourth-order valence-corrected chi connectivity index (χ4v) is 1.59. The van der Waals surface area contributed by atoms with Crippen molar-refractivity contribution in [3.05, 3.63) is 29.8 Å². The van der Waals surface area contributed by atoms with Crippen molar-refractivity contribution < 1.29 is 14.6 Å². The first-order valence-corrected chi connectivity index (χ1v) is 7.17.